The SMILES string of the molecule is CN(C)C(=O)N1C[C@@H]2CC(F)(F)C[C@@H]2C1. The Bertz CT molecular complexity index is 265. The first-order valence-corrected chi connectivity index (χ1v) is 5.23. The highest BCUT2D eigenvalue weighted by molar-refractivity contribution is 5.74. The van der Waals surface area contributed by atoms with E-state index < -0.39 is 5.92 Å². The average Bonchev–Trinajstić information content (AvgIpc) is 2.55. The Morgan fingerprint density at radius 2 is 1.73 bits per heavy atom. The number of hydrogen-bond donors (Lipinski definition) is 0. The molecule has 0 aromatic heterocycles. The molecule has 15 heavy (non-hydrogen) atoms. The van der Waals surface area contributed by atoms with E-state index in [-0.39, 0.29) is 30.7 Å². The minimum Gasteiger partial charge on any atom is -0.331 e. The number of nitrogens with zero attached hydrogens (tertiary/aromatic N) is 2. The lowest BCUT2D eigenvalue weighted by atomic mass is 10.0. The third-order valence-corrected chi connectivity index (χ3v) is 3.35. The maximum Gasteiger partial charge on any atom is 0.319 e. The van der Waals surface area contributed by atoms with Crippen LogP contribution in [0.15, 0.2) is 0 Å². The van der Waals surface area contributed by atoms with E-state index in [1.165, 1.54) is 4.90 Å². The zero-order valence-electron chi connectivity index (χ0n) is 9.04. The standard InChI is InChI=1S/C10H16F2N2O/c1-13(2)9(15)14-5-7-3-10(11,12)4-8(7)6-14/h7-8H,3-6H2,1-2H3/t7-,8+. The van der Waals surface area contributed by atoms with Crippen molar-refractivity contribution in [2.24, 2.45) is 11.8 Å². The van der Waals surface area contributed by atoms with Crippen LogP contribution in [0, 0.1) is 11.8 Å². The van der Waals surface area contributed by atoms with Crippen LogP contribution in [0.5, 0.6) is 0 Å². The predicted molar refractivity (Wildman–Crippen MR) is 51.8 cm³/mol. The van der Waals surface area contributed by atoms with Crippen LogP contribution in [0.3, 0.4) is 0 Å². The lowest BCUT2D eigenvalue weighted by molar-refractivity contribution is -0.00183. The van der Waals surface area contributed by atoms with Crippen molar-refractivity contribution in [3.8, 4) is 0 Å². The van der Waals surface area contributed by atoms with Crippen molar-refractivity contribution in [2.75, 3.05) is 27.2 Å². The van der Waals surface area contributed by atoms with Gasteiger partial charge in [0.05, 0.1) is 0 Å². The lowest BCUT2D eigenvalue weighted by Gasteiger charge is -2.22. The fraction of sp³-hybridized carbons (Fsp3) is 0.900. The fourth-order valence-electron chi connectivity index (χ4n) is 2.69. The molecule has 0 unspecified atom stereocenters. The summed E-state index contributed by atoms with van der Waals surface area (Å²) in [6.45, 7) is 0.995. The van der Waals surface area contributed by atoms with Crippen LogP contribution in [-0.4, -0.2) is 48.9 Å². The summed E-state index contributed by atoms with van der Waals surface area (Å²) in [7, 11) is 3.37. The summed E-state index contributed by atoms with van der Waals surface area (Å²) in [5.74, 6) is -2.49. The number of likely N-dealkylation sites (tertiary alicyclic amines) is 1. The number of carbonyl (C=O) groups is 1. The molecule has 1 aliphatic heterocycles. The molecule has 1 heterocycles. The normalized spacial score (nSPS) is 32.9. The maximum atomic E-state index is 13.0. The third-order valence-electron chi connectivity index (χ3n) is 3.35. The topological polar surface area (TPSA) is 23.6 Å². The first-order valence-electron chi connectivity index (χ1n) is 5.23. The first-order chi connectivity index (χ1) is 6.89. The number of urea groups is 1. The molecule has 1 saturated heterocycles. The fourth-order valence-corrected chi connectivity index (χ4v) is 2.69. The summed E-state index contributed by atoms with van der Waals surface area (Å²) in [5.41, 5.74) is 0. The van der Waals surface area contributed by atoms with E-state index >= 15 is 0 Å². The Labute approximate surface area is 88.0 Å². The zero-order valence-corrected chi connectivity index (χ0v) is 9.04. The average molecular weight is 218 g/mol. The molecule has 0 N–H and O–H groups in total. The van der Waals surface area contributed by atoms with Crippen molar-refractivity contribution in [2.45, 2.75) is 18.8 Å². The van der Waals surface area contributed by atoms with Crippen molar-refractivity contribution < 1.29 is 13.6 Å². The van der Waals surface area contributed by atoms with Crippen LogP contribution < -0.4 is 0 Å². The summed E-state index contributed by atoms with van der Waals surface area (Å²) in [4.78, 5) is 14.8. The number of amides is 2. The van der Waals surface area contributed by atoms with Crippen LogP contribution in [0.1, 0.15) is 12.8 Å². The molecule has 2 aliphatic rings. The predicted octanol–water partition coefficient (Wildman–Crippen LogP) is 1.65. The number of halogens is 2. The van der Waals surface area contributed by atoms with Crippen LogP contribution in [0.4, 0.5) is 13.6 Å². The van der Waals surface area contributed by atoms with E-state index in [9.17, 15) is 13.6 Å². The zero-order chi connectivity index (χ0) is 11.2. The molecule has 1 saturated carbocycles. The Balaban J connectivity index is 1.97. The van der Waals surface area contributed by atoms with Gasteiger partial charge in [0.1, 0.15) is 0 Å². The van der Waals surface area contributed by atoms with Gasteiger partial charge in [0.15, 0.2) is 0 Å². The summed E-state index contributed by atoms with van der Waals surface area (Å²) in [5, 5.41) is 0. The summed E-state index contributed by atoms with van der Waals surface area (Å²) < 4.78 is 26.1. The largest absolute Gasteiger partial charge is 0.331 e. The van der Waals surface area contributed by atoms with Gasteiger partial charge in [-0.25, -0.2) is 13.6 Å². The second-order valence-electron chi connectivity index (χ2n) is 4.87. The second kappa shape index (κ2) is 3.32. The monoisotopic (exact) mass is 218 g/mol. The van der Waals surface area contributed by atoms with Gasteiger partial charge in [-0.1, -0.05) is 0 Å². The third kappa shape index (κ3) is 1.92. The molecule has 0 spiro atoms. The minimum absolute atomic E-state index is 0.00361. The van der Waals surface area contributed by atoms with Gasteiger partial charge in [-0.15, -0.1) is 0 Å². The first kappa shape index (κ1) is 10.6. The Hall–Kier alpha value is -0.870. The van der Waals surface area contributed by atoms with Gasteiger partial charge in [-0.2, -0.15) is 0 Å². The van der Waals surface area contributed by atoms with E-state index in [4.69, 9.17) is 0 Å². The molecule has 0 bridgehead atoms. The Morgan fingerprint density at radius 1 is 1.27 bits per heavy atom. The molecular weight excluding hydrogens is 202 g/mol. The minimum atomic E-state index is -2.50. The van der Waals surface area contributed by atoms with Gasteiger partial charge < -0.3 is 9.80 Å². The van der Waals surface area contributed by atoms with Gasteiger partial charge in [-0.05, 0) is 11.8 Å². The molecule has 3 nitrogen and oxygen atoms in total. The Morgan fingerprint density at radius 3 is 2.13 bits per heavy atom. The van der Waals surface area contributed by atoms with Crippen LogP contribution in [0.25, 0.3) is 0 Å². The summed E-state index contributed by atoms with van der Waals surface area (Å²) >= 11 is 0. The molecule has 86 valence electrons. The molecule has 5 heteroatoms. The number of fused-ring (bicyclic) bond motifs is 1. The molecule has 1 aliphatic carbocycles. The number of hydrogen-bond acceptors (Lipinski definition) is 1. The number of alkyl halides is 2. The van der Waals surface area contributed by atoms with Crippen molar-refractivity contribution in [3.63, 3.8) is 0 Å². The van der Waals surface area contributed by atoms with E-state index in [0.29, 0.717) is 13.1 Å². The number of carbonyl (C=O) groups excluding carboxylic acids is 1. The maximum absolute atomic E-state index is 13.0. The molecule has 2 fully saturated rings. The summed E-state index contributed by atoms with van der Waals surface area (Å²) in [6, 6.07) is -0.0623. The number of rotatable bonds is 0. The highest BCUT2D eigenvalue weighted by Gasteiger charge is 2.51. The van der Waals surface area contributed by atoms with Crippen LogP contribution >= 0.6 is 0 Å². The quantitative estimate of drug-likeness (QED) is 0.606. The molecule has 0 radical (unpaired) electrons. The molecule has 2 rings (SSSR count). The molecule has 0 aromatic carbocycles. The molecule has 2 atom stereocenters. The van der Waals surface area contributed by atoms with Gasteiger partial charge in [0, 0.05) is 40.0 Å². The van der Waals surface area contributed by atoms with E-state index in [0.717, 1.165) is 0 Å². The molecule has 0 aromatic rings. The van der Waals surface area contributed by atoms with Crippen molar-refractivity contribution in [1.29, 1.82) is 0 Å². The van der Waals surface area contributed by atoms with Gasteiger partial charge in [0.25, 0.3) is 0 Å². The van der Waals surface area contributed by atoms with Gasteiger partial charge in [-0.3, -0.25) is 0 Å². The lowest BCUT2D eigenvalue weighted by Crippen LogP contribution is -2.38. The van der Waals surface area contributed by atoms with Gasteiger partial charge >= 0.3 is 6.03 Å². The van der Waals surface area contributed by atoms with Gasteiger partial charge in [0.2, 0.25) is 5.92 Å². The molecular formula is C10H16F2N2O. The van der Waals surface area contributed by atoms with Crippen LogP contribution in [-0.2, 0) is 0 Å². The highest BCUT2D eigenvalue weighted by Crippen LogP contribution is 2.46. The van der Waals surface area contributed by atoms with Crippen LogP contribution in [0.2, 0.25) is 0 Å². The van der Waals surface area contributed by atoms with Crippen molar-refractivity contribution >= 4 is 6.03 Å². The van der Waals surface area contributed by atoms with Crippen molar-refractivity contribution in [1.82, 2.24) is 9.80 Å². The van der Waals surface area contributed by atoms with E-state index in [1.54, 1.807) is 19.0 Å². The Kier molecular flexibility index (Phi) is 2.35. The molecule has 2 amide bonds. The second-order valence-corrected chi connectivity index (χ2v) is 4.87. The van der Waals surface area contributed by atoms with Crippen molar-refractivity contribution in [3.05, 3.63) is 0 Å². The van der Waals surface area contributed by atoms with E-state index in [1.807, 2.05) is 0 Å². The smallest absolute Gasteiger partial charge is 0.319 e. The summed E-state index contributed by atoms with van der Waals surface area (Å²) in [6.07, 6.45) is -0.0935. The van der Waals surface area contributed by atoms with E-state index in [2.05, 4.69) is 0 Å². The highest BCUT2D eigenvalue weighted by atomic mass is 19.3.